The highest BCUT2D eigenvalue weighted by atomic mass is 16.6. The molecule has 0 aliphatic rings. The molecule has 0 saturated heterocycles. The lowest BCUT2D eigenvalue weighted by Gasteiger charge is -2.18. The van der Waals surface area contributed by atoms with E-state index in [4.69, 9.17) is 14.2 Å². The van der Waals surface area contributed by atoms with Crippen LogP contribution in [0.2, 0.25) is 0 Å². The van der Waals surface area contributed by atoms with E-state index < -0.39 is 6.10 Å². The second-order valence-corrected chi connectivity index (χ2v) is 23.1. The van der Waals surface area contributed by atoms with Crippen LogP contribution in [0, 0.1) is 0 Å². The zero-order valence-electron chi connectivity index (χ0n) is 54.4. The van der Waals surface area contributed by atoms with Crippen LogP contribution in [0.15, 0.2) is 122 Å². The Morgan fingerprint density at radius 1 is 0.253 bits per heavy atom. The van der Waals surface area contributed by atoms with E-state index in [-0.39, 0.29) is 31.1 Å². The van der Waals surface area contributed by atoms with Crippen molar-refractivity contribution in [2.24, 2.45) is 0 Å². The first-order chi connectivity index (χ1) is 41.0. The maximum atomic E-state index is 13.0. The Hall–Kier alpha value is -4.19. The molecule has 0 aromatic rings. The Balaban J connectivity index is 4.39. The largest absolute Gasteiger partial charge is 0.462 e. The van der Waals surface area contributed by atoms with Gasteiger partial charge in [-0.1, -0.05) is 296 Å². The van der Waals surface area contributed by atoms with E-state index in [1.807, 2.05) is 0 Å². The van der Waals surface area contributed by atoms with E-state index in [1.54, 1.807) is 0 Å². The van der Waals surface area contributed by atoms with Crippen LogP contribution in [-0.4, -0.2) is 37.2 Å². The molecule has 0 rings (SSSR count). The lowest BCUT2D eigenvalue weighted by atomic mass is 10.0. The molecule has 0 fully saturated rings. The van der Waals surface area contributed by atoms with Crippen LogP contribution in [0.5, 0.6) is 0 Å². The summed E-state index contributed by atoms with van der Waals surface area (Å²) in [7, 11) is 0. The van der Waals surface area contributed by atoms with Crippen molar-refractivity contribution in [2.45, 2.75) is 335 Å². The van der Waals surface area contributed by atoms with Gasteiger partial charge in [0.2, 0.25) is 0 Å². The van der Waals surface area contributed by atoms with Gasteiger partial charge in [0, 0.05) is 19.3 Å². The summed E-state index contributed by atoms with van der Waals surface area (Å²) in [5.74, 6) is -0.901. The fourth-order valence-electron chi connectivity index (χ4n) is 9.68. The van der Waals surface area contributed by atoms with E-state index in [0.717, 1.165) is 128 Å². The van der Waals surface area contributed by atoms with Gasteiger partial charge in [-0.15, -0.1) is 0 Å². The first-order valence-electron chi connectivity index (χ1n) is 35.0. The van der Waals surface area contributed by atoms with Gasteiger partial charge in [0.05, 0.1) is 0 Å². The van der Waals surface area contributed by atoms with Crippen LogP contribution in [0.3, 0.4) is 0 Å². The highest BCUT2D eigenvalue weighted by Crippen LogP contribution is 2.16. The number of carbonyl (C=O) groups is 3. The van der Waals surface area contributed by atoms with Crippen LogP contribution in [0.25, 0.3) is 0 Å². The minimum Gasteiger partial charge on any atom is -0.462 e. The summed E-state index contributed by atoms with van der Waals surface area (Å²) < 4.78 is 17.0. The maximum absolute atomic E-state index is 13.0. The highest BCUT2D eigenvalue weighted by Gasteiger charge is 2.19. The first-order valence-corrected chi connectivity index (χ1v) is 35.0. The minimum absolute atomic E-state index is 0.0887. The van der Waals surface area contributed by atoms with Crippen molar-refractivity contribution in [2.75, 3.05) is 13.2 Å². The van der Waals surface area contributed by atoms with Crippen LogP contribution in [0.4, 0.5) is 0 Å². The number of esters is 3. The Morgan fingerprint density at radius 3 is 0.759 bits per heavy atom. The molecule has 1 atom stereocenters. The summed E-state index contributed by atoms with van der Waals surface area (Å²) in [6, 6.07) is 0. The zero-order chi connectivity index (χ0) is 59.9. The molecule has 0 radical (unpaired) electrons. The van der Waals surface area contributed by atoms with Crippen molar-refractivity contribution in [3.63, 3.8) is 0 Å². The fourth-order valence-corrected chi connectivity index (χ4v) is 9.68. The predicted molar refractivity (Wildman–Crippen MR) is 362 cm³/mol. The number of hydrogen-bond donors (Lipinski definition) is 0. The molecule has 83 heavy (non-hydrogen) atoms. The predicted octanol–water partition coefficient (Wildman–Crippen LogP) is 24.3. The maximum Gasteiger partial charge on any atom is 0.306 e. The fraction of sp³-hybridized carbons (Fsp3) is 0.701. The first kappa shape index (κ1) is 78.8. The van der Waals surface area contributed by atoms with Crippen molar-refractivity contribution in [3.05, 3.63) is 122 Å². The number of hydrogen-bond acceptors (Lipinski definition) is 6. The average molecular weight is 1150 g/mol. The molecular weight excluding hydrogens is 1020 g/mol. The van der Waals surface area contributed by atoms with Gasteiger partial charge in [-0.05, 0) is 135 Å². The Bertz CT molecular complexity index is 1700. The van der Waals surface area contributed by atoms with Crippen molar-refractivity contribution < 1.29 is 28.6 Å². The number of carbonyl (C=O) groups excluding carboxylic acids is 3. The number of rotatable bonds is 63. The summed E-state index contributed by atoms with van der Waals surface area (Å²) in [5.41, 5.74) is 0. The van der Waals surface area contributed by atoms with Gasteiger partial charge < -0.3 is 14.2 Å². The van der Waals surface area contributed by atoms with Gasteiger partial charge in [-0.3, -0.25) is 14.4 Å². The van der Waals surface area contributed by atoms with Crippen LogP contribution in [0.1, 0.15) is 329 Å². The van der Waals surface area contributed by atoms with Crippen LogP contribution in [-0.2, 0) is 28.6 Å². The average Bonchev–Trinajstić information content (AvgIpc) is 3.49. The number of unbranched alkanes of at least 4 members (excludes halogenated alkanes) is 32. The third kappa shape index (κ3) is 68.5. The Labute approximate surface area is 513 Å². The van der Waals surface area contributed by atoms with E-state index >= 15 is 0 Å². The van der Waals surface area contributed by atoms with Gasteiger partial charge >= 0.3 is 17.9 Å². The van der Waals surface area contributed by atoms with E-state index in [2.05, 4.69) is 142 Å². The summed E-state index contributed by atoms with van der Waals surface area (Å²) in [4.78, 5) is 38.5. The summed E-state index contributed by atoms with van der Waals surface area (Å²) in [5, 5.41) is 0. The molecular formula is C77H130O6. The molecule has 0 aliphatic heterocycles. The van der Waals surface area contributed by atoms with Crippen LogP contribution < -0.4 is 0 Å². The second-order valence-electron chi connectivity index (χ2n) is 23.1. The van der Waals surface area contributed by atoms with Crippen molar-refractivity contribution in [1.29, 1.82) is 0 Å². The lowest BCUT2D eigenvalue weighted by molar-refractivity contribution is -0.167. The van der Waals surface area contributed by atoms with Gasteiger partial charge in [0.15, 0.2) is 6.10 Å². The lowest BCUT2D eigenvalue weighted by Crippen LogP contribution is -2.30. The topological polar surface area (TPSA) is 78.9 Å². The summed E-state index contributed by atoms with van der Waals surface area (Å²) in [6.07, 6.45) is 97.8. The van der Waals surface area contributed by atoms with Gasteiger partial charge in [-0.25, -0.2) is 0 Å². The normalized spacial score (nSPS) is 12.9. The Kier molecular flexibility index (Phi) is 66.7. The van der Waals surface area contributed by atoms with Crippen molar-refractivity contribution in [1.82, 2.24) is 0 Å². The van der Waals surface area contributed by atoms with Crippen molar-refractivity contribution in [3.8, 4) is 0 Å². The minimum atomic E-state index is -0.795. The molecule has 1 unspecified atom stereocenters. The zero-order valence-corrected chi connectivity index (χ0v) is 54.4. The molecule has 0 aromatic carbocycles. The highest BCUT2D eigenvalue weighted by molar-refractivity contribution is 5.71. The van der Waals surface area contributed by atoms with E-state index in [1.165, 1.54) is 161 Å². The standard InChI is InChI=1S/C77H130O6/c1-4-7-10-13-16-19-22-25-28-31-33-35-36-37-38-39-40-42-43-46-49-52-55-58-61-64-67-70-76(79)82-73-74(72-81-75(78)69-66-63-60-57-54-51-48-45-30-27-24-21-18-15-12-9-6-3)83-77(80)71-68-65-62-59-56-53-50-47-44-41-34-32-29-26-23-20-17-14-11-8-5-2/h7,10,16,18-19,21,23,25-28,30,32-35,37-38,44,47,74H,4-6,8-9,11-15,17,20,22,24,29,31,36,39-43,45-46,48-73H2,1-3H3/b10-7-,19-16-,21-18-,26-23-,28-25-,30-27-,34-32-,35-33-,38-37-,47-44-. The third-order valence-corrected chi connectivity index (χ3v) is 14.9. The van der Waals surface area contributed by atoms with E-state index in [9.17, 15) is 14.4 Å². The molecule has 474 valence electrons. The molecule has 0 aromatic heterocycles. The SMILES string of the molecule is CC/C=C\C/C=C\C/C=C\C/C=C\C/C=C\CCCCCCCCCCCCCC(=O)OCC(COC(=O)CCCCCCCCC/C=C\C/C=C\CCCCC)OC(=O)CCCCCCCC/C=C\C/C=C\C/C=C\CCCCCCC. The molecule has 6 heteroatoms. The number of allylic oxidation sites excluding steroid dienone is 20. The molecule has 0 amide bonds. The molecule has 0 aliphatic carbocycles. The van der Waals surface area contributed by atoms with Crippen molar-refractivity contribution >= 4 is 17.9 Å². The number of ether oxygens (including phenoxy) is 3. The van der Waals surface area contributed by atoms with Gasteiger partial charge in [-0.2, -0.15) is 0 Å². The van der Waals surface area contributed by atoms with Gasteiger partial charge in [0.1, 0.15) is 13.2 Å². The monoisotopic (exact) mass is 1150 g/mol. The summed E-state index contributed by atoms with van der Waals surface area (Å²) >= 11 is 0. The second kappa shape index (κ2) is 70.3. The van der Waals surface area contributed by atoms with Gasteiger partial charge in [0.25, 0.3) is 0 Å². The quantitative estimate of drug-likeness (QED) is 0.0261. The van der Waals surface area contributed by atoms with E-state index in [0.29, 0.717) is 19.3 Å². The molecule has 0 bridgehead atoms. The smallest absolute Gasteiger partial charge is 0.306 e. The molecule has 0 spiro atoms. The third-order valence-electron chi connectivity index (χ3n) is 14.9. The van der Waals surface area contributed by atoms with Crippen LogP contribution >= 0.6 is 0 Å². The Morgan fingerprint density at radius 2 is 0.470 bits per heavy atom. The molecule has 0 N–H and O–H groups in total. The molecule has 0 saturated carbocycles. The molecule has 0 heterocycles. The summed E-state index contributed by atoms with van der Waals surface area (Å²) in [6.45, 7) is 6.50. The molecule has 6 nitrogen and oxygen atoms in total.